The highest BCUT2D eigenvalue weighted by Crippen LogP contribution is 2.43. The van der Waals surface area contributed by atoms with Gasteiger partial charge in [-0.15, -0.1) is 0 Å². The molecule has 0 heterocycles. The third-order valence-corrected chi connectivity index (χ3v) is 5.32. The lowest BCUT2D eigenvalue weighted by Crippen LogP contribution is -2.12. The zero-order valence-electron chi connectivity index (χ0n) is 15.9. The second kappa shape index (κ2) is 7.53. The average Bonchev–Trinajstić information content (AvgIpc) is 2.61. The summed E-state index contributed by atoms with van der Waals surface area (Å²) < 4.78 is 5.17. The first-order valence-electron chi connectivity index (χ1n) is 9.51. The molecule has 1 fully saturated rings. The molecule has 2 aromatic carbocycles. The van der Waals surface area contributed by atoms with Gasteiger partial charge in [0.05, 0.1) is 0 Å². The summed E-state index contributed by atoms with van der Waals surface area (Å²) >= 11 is 0. The molecule has 0 saturated heterocycles. The maximum absolute atomic E-state index is 11.2. The lowest BCUT2D eigenvalue weighted by atomic mass is 9.79. The molecule has 1 aliphatic rings. The van der Waals surface area contributed by atoms with Crippen molar-refractivity contribution in [2.45, 2.75) is 64.2 Å². The number of ether oxygens (including phenoxy) is 1. The molecule has 3 nitrogen and oxygen atoms in total. The Bertz CT molecular complexity index is 780. The quantitative estimate of drug-likeness (QED) is 0.490. The number of carbonyl (C=O) groups is 1. The van der Waals surface area contributed by atoms with E-state index in [0.717, 1.165) is 29.5 Å². The van der Waals surface area contributed by atoms with Gasteiger partial charge in [-0.25, -0.2) is 4.79 Å². The Balaban J connectivity index is 2.13. The molecule has 2 aromatic rings. The molecule has 0 aliphatic heterocycles. The Hall–Kier alpha value is -2.29. The molecule has 3 heteroatoms. The standard InChI is InChI=1S/C23H28O3/c1-23(2,3)18-12-7-11-17(15-18)19-13-8-14-20(26-22(24)25)21(19)16-9-5-4-6-10-16/h7-8,11-16H,4-6,9-10H2,1-3H3,(H,24,25). The van der Waals surface area contributed by atoms with Crippen molar-refractivity contribution in [1.29, 1.82) is 0 Å². The van der Waals surface area contributed by atoms with E-state index < -0.39 is 6.16 Å². The van der Waals surface area contributed by atoms with Gasteiger partial charge < -0.3 is 9.84 Å². The van der Waals surface area contributed by atoms with Crippen LogP contribution in [0.5, 0.6) is 5.75 Å². The second-order valence-corrected chi connectivity index (χ2v) is 8.25. The van der Waals surface area contributed by atoms with Crippen LogP contribution in [-0.4, -0.2) is 11.3 Å². The molecule has 1 N–H and O–H groups in total. The van der Waals surface area contributed by atoms with Crippen LogP contribution >= 0.6 is 0 Å². The first kappa shape index (κ1) is 18.5. The normalized spacial score (nSPS) is 15.7. The number of hydrogen-bond donors (Lipinski definition) is 1. The van der Waals surface area contributed by atoms with E-state index in [1.807, 2.05) is 6.07 Å². The molecule has 0 atom stereocenters. The van der Waals surface area contributed by atoms with Crippen LogP contribution in [-0.2, 0) is 5.41 Å². The van der Waals surface area contributed by atoms with E-state index in [2.05, 4.69) is 51.1 Å². The number of rotatable bonds is 3. The molecule has 0 amide bonds. The van der Waals surface area contributed by atoms with Gasteiger partial charge >= 0.3 is 6.16 Å². The molecule has 1 saturated carbocycles. The van der Waals surface area contributed by atoms with Gasteiger partial charge in [0, 0.05) is 5.56 Å². The van der Waals surface area contributed by atoms with Crippen molar-refractivity contribution >= 4 is 6.16 Å². The van der Waals surface area contributed by atoms with Crippen molar-refractivity contribution in [3.63, 3.8) is 0 Å². The first-order chi connectivity index (χ1) is 12.4. The highest BCUT2D eigenvalue weighted by Gasteiger charge is 2.24. The van der Waals surface area contributed by atoms with Crippen molar-refractivity contribution in [3.05, 3.63) is 53.6 Å². The highest BCUT2D eigenvalue weighted by molar-refractivity contribution is 5.74. The smallest absolute Gasteiger partial charge is 0.449 e. The minimum atomic E-state index is -1.25. The van der Waals surface area contributed by atoms with Crippen molar-refractivity contribution < 1.29 is 14.6 Å². The van der Waals surface area contributed by atoms with Crippen LogP contribution in [0.4, 0.5) is 4.79 Å². The molecule has 0 unspecified atom stereocenters. The average molecular weight is 352 g/mol. The van der Waals surface area contributed by atoms with Crippen molar-refractivity contribution in [2.75, 3.05) is 0 Å². The summed E-state index contributed by atoms with van der Waals surface area (Å²) in [7, 11) is 0. The molecular weight excluding hydrogens is 324 g/mol. The van der Waals surface area contributed by atoms with E-state index >= 15 is 0 Å². The largest absolute Gasteiger partial charge is 0.511 e. The first-order valence-corrected chi connectivity index (χ1v) is 9.51. The van der Waals surface area contributed by atoms with E-state index in [-0.39, 0.29) is 5.41 Å². The minimum Gasteiger partial charge on any atom is -0.449 e. The van der Waals surface area contributed by atoms with Gasteiger partial charge in [0.15, 0.2) is 0 Å². The summed E-state index contributed by atoms with van der Waals surface area (Å²) in [6.45, 7) is 6.62. The van der Waals surface area contributed by atoms with Gasteiger partial charge in [-0.1, -0.05) is 76.4 Å². The summed E-state index contributed by atoms with van der Waals surface area (Å²) in [5, 5.41) is 9.18. The monoisotopic (exact) mass is 352 g/mol. The molecule has 0 aromatic heterocycles. The molecule has 0 radical (unpaired) electrons. The summed E-state index contributed by atoms with van der Waals surface area (Å²) in [5.74, 6) is 0.843. The van der Waals surface area contributed by atoms with Gasteiger partial charge in [0.2, 0.25) is 0 Å². The lowest BCUT2D eigenvalue weighted by Gasteiger charge is -2.27. The summed E-state index contributed by atoms with van der Waals surface area (Å²) in [6.07, 6.45) is 4.56. The van der Waals surface area contributed by atoms with Gasteiger partial charge in [0.25, 0.3) is 0 Å². The minimum absolute atomic E-state index is 0.0657. The van der Waals surface area contributed by atoms with E-state index in [0.29, 0.717) is 11.7 Å². The van der Waals surface area contributed by atoms with Crippen LogP contribution in [0.15, 0.2) is 42.5 Å². The molecule has 3 rings (SSSR count). The number of carboxylic acid groups (broad SMARTS) is 1. The number of benzene rings is 2. The summed E-state index contributed by atoms with van der Waals surface area (Å²) in [4.78, 5) is 11.2. The topological polar surface area (TPSA) is 46.5 Å². The van der Waals surface area contributed by atoms with Crippen LogP contribution in [0.25, 0.3) is 11.1 Å². The predicted molar refractivity (Wildman–Crippen MR) is 105 cm³/mol. The van der Waals surface area contributed by atoms with E-state index in [1.165, 1.54) is 24.8 Å². The molecule has 1 aliphatic carbocycles. The van der Waals surface area contributed by atoms with Crippen molar-refractivity contribution in [3.8, 4) is 16.9 Å². The van der Waals surface area contributed by atoms with Crippen molar-refractivity contribution in [1.82, 2.24) is 0 Å². The van der Waals surface area contributed by atoms with Crippen LogP contribution in [0, 0.1) is 0 Å². The van der Waals surface area contributed by atoms with E-state index in [1.54, 1.807) is 6.07 Å². The third-order valence-electron chi connectivity index (χ3n) is 5.32. The summed E-state index contributed by atoms with van der Waals surface area (Å²) in [5.41, 5.74) is 4.63. The predicted octanol–water partition coefficient (Wildman–Crippen LogP) is 6.76. The Morgan fingerprint density at radius 2 is 1.73 bits per heavy atom. The Kier molecular flexibility index (Phi) is 5.36. The fourth-order valence-corrected chi connectivity index (χ4v) is 3.94. The Morgan fingerprint density at radius 3 is 2.38 bits per heavy atom. The molecule has 0 spiro atoms. The maximum atomic E-state index is 11.2. The molecular formula is C23H28O3. The molecule has 26 heavy (non-hydrogen) atoms. The second-order valence-electron chi connectivity index (χ2n) is 8.25. The maximum Gasteiger partial charge on any atom is 0.511 e. The van der Waals surface area contributed by atoms with Gasteiger partial charge in [0.1, 0.15) is 5.75 Å². The van der Waals surface area contributed by atoms with Gasteiger partial charge in [-0.3, -0.25) is 0 Å². The highest BCUT2D eigenvalue weighted by atomic mass is 16.7. The Morgan fingerprint density at radius 1 is 1.04 bits per heavy atom. The Labute approximate surface area is 156 Å². The summed E-state index contributed by atoms with van der Waals surface area (Å²) in [6, 6.07) is 14.4. The fourth-order valence-electron chi connectivity index (χ4n) is 3.94. The molecule has 138 valence electrons. The number of hydrogen-bond acceptors (Lipinski definition) is 2. The van der Waals surface area contributed by atoms with Gasteiger partial charge in [-0.05, 0) is 46.9 Å². The van der Waals surface area contributed by atoms with Crippen LogP contribution < -0.4 is 4.74 Å². The third kappa shape index (κ3) is 4.09. The van der Waals surface area contributed by atoms with Gasteiger partial charge in [-0.2, -0.15) is 0 Å². The lowest BCUT2D eigenvalue weighted by molar-refractivity contribution is 0.143. The fraction of sp³-hybridized carbons (Fsp3) is 0.435. The zero-order valence-corrected chi connectivity index (χ0v) is 15.9. The SMILES string of the molecule is CC(C)(C)c1cccc(-c2cccc(OC(=O)O)c2C2CCCCC2)c1. The van der Waals surface area contributed by atoms with E-state index in [4.69, 9.17) is 4.74 Å². The van der Waals surface area contributed by atoms with Crippen LogP contribution in [0.1, 0.15) is 69.9 Å². The zero-order chi connectivity index (χ0) is 18.7. The van der Waals surface area contributed by atoms with Crippen LogP contribution in [0.3, 0.4) is 0 Å². The van der Waals surface area contributed by atoms with Crippen molar-refractivity contribution in [2.24, 2.45) is 0 Å². The van der Waals surface area contributed by atoms with E-state index in [9.17, 15) is 9.90 Å². The van der Waals surface area contributed by atoms with Crippen LogP contribution in [0.2, 0.25) is 0 Å². The molecule has 0 bridgehead atoms.